The topological polar surface area (TPSA) is 58.6 Å². The molecule has 0 unspecified atom stereocenters. The van der Waals surface area contributed by atoms with Gasteiger partial charge in [0.05, 0.1) is 12.5 Å². The molecule has 0 radical (unpaired) electrons. The van der Waals surface area contributed by atoms with Crippen LogP contribution in [0.15, 0.2) is 0 Å². The van der Waals surface area contributed by atoms with Gasteiger partial charge in [0.2, 0.25) is 11.8 Å². The summed E-state index contributed by atoms with van der Waals surface area (Å²) in [7, 11) is 1.60. The van der Waals surface area contributed by atoms with Crippen LogP contribution >= 0.6 is 0 Å². The number of methoxy groups -OCH3 is 1. The van der Waals surface area contributed by atoms with Crippen LogP contribution in [0.1, 0.15) is 13.8 Å². The molecule has 1 aliphatic rings. The normalized spacial score (nSPS) is 18.2. The first-order valence-electron chi connectivity index (χ1n) is 5.09. The fourth-order valence-corrected chi connectivity index (χ4v) is 1.55. The second kappa shape index (κ2) is 5.11. The van der Waals surface area contributed by atoms with Gasteiger partial charge in [-0.15, -0.1) is 0 Å². The maximum absolute atomic E-state index is 11.6. The number of hydrogen-bond acceptors (Lipinski definition) is 3. The van der Waals surface area contributed by atoms with E-state index in [4.69, 9.17) is 4.74 Å². The van der Waals surface area contributed by atoms with E-state index in [0.29, 0.717) is 19.7 Å². The lowest BCUT2D eigenvalue weighted by Gasteiger charge is -2.37. The van der Waals surface area contributed by atoms with Crippen molar-refractivity contribution in [2.45, 2.75) is 19.9 Å². The molecule has 0 aromatic rings. The Bertz CT molecular complexity index is 249. The number of carbonyl (C=O) groups excluding carboxylic acids is 2. The van der Waals surface area contributed by atoms with E-state index in [0.717, 1.165) is 0 Å². The van der Waals surface area contributed by atoms with E-state index in [1.807, 2.05) is 6.92 Å². The van der Waals surface area contributed by atoms with Crippen LogP contribution in [0.2, 0.25) is 0 Å². The zero-order valence-electron chi connectivity index (χ0n) is 9.45. The molecule has 0 aliphatic carbocycles. The number of likely N-dealkylation sites (tertiary alicyclic amines) is 1. The fourth-order valence-electron chi connectivity index (χ4n) is 1.55. The molecule has 1 atom stereocenters. The number of carbonyl (C=O) groups is 2. The summed E-state index contributed by atoms with van der Waals surface area (Å²) in [5.41, 5.74) is 0. The van der Waals surface area contributed by atoms with Gasteiger partial charge in [-0.2, -0.15) is 0 Å². The van der Waals surface area contributed by atoms with Crippen molar-refractivity contribution >= 4 is 11.8 Å². The molecule has 0 spiro atoms. The number of amides is 2. The molecule has 1 aliphatic heterocycles. The Morgan fingerprint density at radius 1 is 1.53 bits per heavy atom. The minimum Gasteiger partial charge on any atom is -0.383 e. The molecule has 5 nitrogen and oxygen atoms in total. The van der Waals surface area contributed by atoms with Crippen molar-refractivity contribution in [2.75, 3.05) is 26.8 Å². The van der Waals surface area contributed by atoms with Crippen LogP contribution < -0.4 is 5.32 Å². The van der Waals surface area contributed by atoms with Gasteiger partial charge in [0.25, 0.3) is 0 Å². The molecule has 5 heteroatoms. The molecule has 1 saturated heterocycles. The highest BCUT2D eigenvalue weighted by atomic mass is 16.5. The third-order valence-electron chi connectivity index (χ3n) is 2.50. The monoisotopic (exact) mass is 214 g/mol. The Balaban J connectivity index is 2.23. The molecular weight excluding hydrogens is 196 g/mol. The smallest absolute Gasteiger partial charge is 0.226 e. The lowest BCUT2D eigenvalue weighted by Crippen LogP contribution is -2.56. The van der Waals surface area contributed by atoms with Crippen LogP contribution in [0.25, 0.3) is 0 Å². The molecular formula is C10H18N2O3. The predicted molar refractivity (Wildman–Crippen MR) is 55.2 cm³/mol. The van der Waals surface area contributed by atoms with Crippen LogP contribution in [-0.2, 0) is 14.3 Å². The maximum atomic E-state index is 11.6. The molecule has 0 aromatic carbocycles. The van der Waals surface area contributed by atoms with E-state index in [1.165, 1.54) is 6.92 Å². The highest BCUT2D eigenvalue weighted by molar-refractivity contribution is 5.83. The van der Waals surface area contributed by atoms with Crippen LogP contribution in [0.4, 0.5) is 0 Å². The van der Waals surface area contributed by atoms with E-state index < -0.39 is 0 Å². The number of rotatable bonds is 4. The van der Waals surface area contributed by atoms with E-state index in [-0.39, 0.29) is 23.8 Å². The Morgan fingerprint density at radius 3 is 2.60 bits per heavy atom. The van der Waals surface area contributed by atoms with Gasteiger partial charge in [0.1, 0.15) is 0 Å². The summed E-state index contributed by atoms with van der Waals surface area (Å²) >= 11 is 0. The molecule has 1 heterocycles. The largest absolute Gasteiger partial charge is 0.383 e. The van der Waals surface area contributed by atoms with Crippen molar-refractivity contribution in [3.05, 3.63) is 0 Å². The van der Waals surface area contributed by atoms with Crippen LogP contribution in [-0.4, -0.2) is 49.6 Å². The second-order valence-corrected chi connectivity index (χ2v) is 3.99. The molecule has 86 valence electrons. The van der Waals surface area contributed by atoms with Crippen molar-refractivity contribution in [2.24, 2.45) is 5.92 Å². The Kier molecular flexibility index (Phi) is 4.08. The van der Waals surface area contributed by atoms with Gasteiger partial charge in [0.15, 0.2) is 0 Å². The quantitative estimate of drug-likeness (QED) is 0.693. The molecule has 0 saturated carbocycles. The Morgan fingerprint density at radius 2 is 2.13 bits per heavy atom. The van der Waals surface area contributed by atoms with E-state index in [1.54, 1.807) is 12.0 Å². The summed E-state index contributed by atoms with van der Waals surface area (Å²) in [6.07, 6.45) is 0. The van der Waals surface area contributed by atoms with Gasteiger partial charge in [0, 0.05) is 33.2 Å². The van der Waals surface area contributed by atoms with E-state index in [2.05, 4.69) is 5.32 Å². The van der Waals surface area contributed by atoms with Crippen molar-refractivity contribution in [3.8, 4) is 0 Å². The minimum absolute atomic E-state index is 0.0112. The Labute approximate surface area is 89.8 Å². The average molecular weight is 214 g/mol. The summed E-state index contributed by atoms with van der Waals surface area (Å²) in [5, 5.41) is 2.84. The third kappa shape index (κ3) is 3.20. The SMILES string of the molecule is COC[C@H](C)NC(=O)C1CN(C(C)=O)C1. The number of ether oxygens (including phenoxy) is 1. The zero-order valence-corrected chi connectivity index (χ0v) is 9.45. The van der Waals surface area contributed by atoms with Crippen molar-refractivity contribution in [1.29, 1.82) is 0 Å². The van der Waals surface area contributed by atoms with Crippen LogP contribution in [0.3, 0.4) is 0 Å². The van der Waals surface area contributed by atoms with Gasteiger partial charge in [-0.05, 0) is 6.92 Å². The number of nitrogens with one attached hydrogen (secondary N) is 1. The van der Waals surface area contributed by atoms with Gasteiger partial charge in [-0.3, -0.25) is 9.59 Å². The molecule has 1 N–H and O–H groups in total. The highest BCUT2D eigenvalue weighted by Crippen LogP contribution is 2.15. The third-order valence-corrected chi connectivity index (χ3v) is 2.50. The first kappa shape index (κ1) is 12.0. The highest BCUT2D eigenvalue weighted by Gasteiger charge is 2.34. The first-order chi connectivity index (χ1) is 7.04. The second-order valence-electron chi connectivity index (χ2n) is 3.99. The zero-order chi connectivity index (χ0) is 11.4. The van der Waals surface area contributed by atoms with Crippen molar-refractivity contribution in [1.82, 2.24) is 10.2 Å². The maximum Gasteiger partial charge on any atom is 0.226 e. The number of nitrogens with zero attached hydrogens (tertiary/aromatic N) is 1. The minimum atomic E-state index is -0.0480. The lowest BCUT2D eigenvalue weighted by atomic mass is 9.99. The molecule has 0 aromatic heterocycles. The Hall–Kier alpha value is -1.10. The summed E-state index contributed by atoms with van der Waals surface area (Å²) < 4.78 is 4.92. The molecule has 1 rings (SSSR count). The van der Waals surface area contributed by atoms with E-state index >= 15 is 0 Å². The van der Waals surface area contributed by atoms with Crippen molar-refractivity contribution in [3.63, 3.8) is 0 Å². The summed E-state index contributed by atoms with van der Waals surface area (Å²) in [6, 6.07) is 0.0221. The number of hydrogen-bond donors (Lipinski definition) is 1. The molecule has 2 amide bonds. The molecule has 15 heavy (non-hydrogen) atoms. The van der Waals surface area contributed by atoms with Gasteiger partial charge in [-0.1, -0.05) is 0 Å². The van der Waals surface area contributed by atoms with Gasteiger partial charge < -0.3 is 15.0 Å². The predicted octanol–water partition coefficient (Wildman–Crippen LogP) is -0.384. The summed E-state index contributed by atoms with van der Waals surface area (Å²) in [6.45, 7) is 5.00. The van der Waals surface area contributed by atoms with Crippen LogP contribution in [0, 0.1) is 5.92 Å². The molecule has 0 bridgehead atoms. The molecule has 1 fully saturated rings. The van der Waals surface area contributed by atoms with Crippen molar-refractivity contribution < 1.29 is 14.3 Å². The van der Waals surface area contributed by atoms with Crippen LogP contribution in [0.5, 0.6) is 0 Å². The lowest BCUT2D eigenvalue weighted by molar-refractivity contribution is -0.141. The standard InChI is InChI=1S/C10H18N2O3/c1-7(6-15-3)11-10(14)9-4-12(5-9)8(2)13/h7,9H,4-6H2,1-3H3,(H,11,14)/t7-/m0/s1. The van der Waals surface area contributed by atoms with Gasteiger partial charge in [-0.25, -0.2) is 0 Å². The summed E-state index contributed by atoms with van der Waals surface area (Å²) in [4.78, 5) is 24.1. The summed E-state index contributed by atoms with van der Waals surface area (Å²) in [5.74, 6) is -0.00533. The first-order valence-corrected chi connectivity index (χ1v) is 5.09. The van der Waals surface area contributed by atoms with Gasteiger partial charge >= 0.3 is 0 Å². The average Bonchev–Trinajstić information content (AvgIpc) is 1.99. The fraction of sp³-hybridized carbons (Fsp3) is 0.800. The van der Waals surface area contributed by atoms with E-state index in [9.17, 15) is 9.59 Å².